The number of benzene rings is 1. The van der Waals surface area contributed by atoms with Gasteiger partial charge >= 0.3 is 0 Å². The summed E-state index contributed by atoms with van der Waals surface area (Å²) in [5.74, 6) is 0.427. The Kier molecular flexibility index (Phi) is 5.21. The van der Waals surface area contributed by atoms with Crippen molar-refractivity contribution in [1.29, 1.82) is 0 Å². The maximum absolute atomic E-state index is 11.4. The van der Waals surface area contributed by atoms with Crippen LogP contribution in [-0.2, 0) is 0 Å². The van der Waals surface area contributed by atoms with Crippen LogP contribution in [0.15, 0.2) is 29.4 Å². The quantitative estimate of drug-likeness (QED) is 0.568. The van der Waals surface area contributed by atoms with Crippen molar-refractivity contribution in [1.82, 2.24) is 20.3 Å². The van der Waals surface area contributed by atoms with Crippen molar-refractivity contribution in [2.75, 3.05) is 24.8 Å². The molecule has 0 unspecified atom stereocenters. The second kappa shape index (κ2) is 7.32. The van der Waals surface area contributed by atoms with Crippen LogP contribution < -0.4 is 16.1 Å². The fourth-order valence-electron chi connectivity index (χ4n) is 1.54. The summed E-state index contributed by atoms with van der Waals surface area (Å²) in [6.07, 6.45) is 1.57. The van der Waals surface area contributed by atoms with Gasteiger partial charge in [-0.3, -0.25) is 4.79 Å². The first kappa shape index (κ1) is 15.6. The van der Waals surface area contributed by atoms with Crippen molar-refractivity contribution in [3.63, 3.8) is 0 Å². The fourth-order valence-corrected chi connectivity index (χ4v) is 1.70. The van der Waals surface area contributed by atoms with Crippen LogP contribution in [-0.4, -0.2) is 41.2 Å². The molecular weight excluding hydrogens is 306 g/mol. The highest BCUT2D eigenvalue weighted by Gasteiger charge is 2.03. The molecule has 0 saturated carbocycles. The third kappa shape index (κ3) is 4.13. The smallest absolute Gasteiger partial charge is 0.251 e. The standard InChI is InChI=1S/C13H14ClN7O/c1-15-10(22)9-5-3-8(4-6-9)7-17-21-13-19-11(14)18-12(16-2)20-13/h3-7H,1-2H3,(H,15,22)(H2,16,18,19,20,21)/b17-7+. The summed E-state index contributed by atoms with van der Waals surface area (Å²) in [7, 11) is 3.26. The number of hydrazone groups is 1. The van der Waals surface area contributed by atoms with Crippen LogP contribution in [0.25, 0.3) is 0 Å². The molecule has 2 aromatic rings. The predicted molar refractivity (Wildman–Crippen MR) is 85.4 cm³/mol. The number of halogens is 1. The number of amides is 1. The van der Waals surface area contributed by atoms with Crippen LogP contribution in [0, 0.1) is 0 Å². The van der Waals surface area contributed by atoms with Crippen LogP contribution in [0.5, 0.6) is 0 Å². The van der Waals surface area contributed by atoms with E-state index in [-0.39, 0.29) is 17.1 Å². The number of carbonyl (C=O) groups excluding carboxylic acids is 1. The van der Waals surface area contributed by atoms with Gasteiger partial charge in [-0.15, -0.1) is 0 Å². The number of aromatic nitrogens is 3. The van der Waals surface area contributed by atoms with Crippen LogP contribution in [0.3, 0.4) is 0 Å². The molecule has 9 heteroatoms. The van der Waals surface area contributed by atoms with Crippen molar-refractivity contribution < 1.29 is 4.79 Å². The van der Waals surface area contributed by atoms with Gasteiger partial charge in [0.15, 0.2) is 0 Å². The molecule has 8 nitrogen and oxygen atoms in total. The lowest BCUT2D eigenvalue weighted by Gasteiger charge is -2.02. The molecule has 2 rings (SSSR count). The normalized spacial score (nSPS) is 10.5. The molecule has 0 bridgehead atoms. The summed E-state index contributed by atoms with van der Waals surface area (Å²) < 4.78 is 0. The molecule has 22 heavy (non-hydrogen) atoms. The van der Waals surface area contributed by atoms with Crippen molar-refractivity contribution in [2.24, 2.45) is 5.10 Å². The average Bonchev–Trinajstić information content (AvgIpc) is 2.54. The maximum Gasteiger partial charge on any atom is 0.251 e. The van der Waals surface area contributed by atoms with E-state index in [1.807, 2.05) is 0 Å². The van der Waals surface area contributed by atoms with E-state index in [1.54, 1.807) is 44.6 Å². The molecule has 0 atom stereocenters. The van der Waals surface area contributed by atoms with Gasteiger partial charge in [-0.1, -0.05) is 12.1 Å². The minimum Gasteiger partial charge on any atom is -0.357 e. The highest BCUT2D eigenvalue weighted by molar-refractivity contribution is 6.28. The Labute approximate surface area is 132 Å². The molecule has 114 valence electrons. The van der Waals surface area contributed by atoms with E-state index in [0.29, 0.717) is 11.5 Å². The summed E-state index contributed by atoms with van der Waals surface area (Å²) in [5, 5.41) is 9.39. The minimum absolute atomic E-state index is 0.0620. The van der Waals surface area contributed by atoms with E-state index in [1.165, 1.54) is 0 Å². The molecule has 0 aliphatic carbocycles. The highest BCUT2D eigenvalue weighted by Crippen LogP contribution is 2.09. The lowest BCUT2D eigenvalue weighted by atomic mass is 10.1. The Balaban J connectivity index is 2.03. The number of nitrogens with one attached hydrogen (secondary N) is 3. The zero-order valence-corrected chi connectivity index (χ0v) is 12.7. The minimum atomic E-state index is -0.138. The summed E-state index contributed by atoms with van der Waals surface area (Å²) in [4.78, 5) is 23.2. The van der Waals surface area contributed by atoms with Crippen LogP contribution in [0.2, 0.25) is 5.28 Å². The zero-order valence-electron chi connectivity index (χ0n) is 12.0. The van der Waals surface area contributed by atoms with Gasteiger partial charge in [0.2, 0.25) is 17.2 Å². The number of rotatable bonds is 5. The van der Waals surface area contributed by atoms with Crippen LogP contribution >= 0.6 is 11.6 Å². The van der Waals surface area contributed by atoms with E-state index < -0.39 is 0 Å². The first-order chi connectivity index (χ1) is 10.6. The second-order valence-electron chi connectivity index (χ2n) is 4.07. The Hall–Kier alpha value is -2.74. The molecule has 0 spiro atoms. The number of anilines is 2. The Bertz CT molecular complexity index is 687. The molecule has 1 aromatic carbocycles. The highest BCUT2D eigenvalue weighted by atomic mass is 35.5. The first-order valence-electron chi connectivity index (χ1n) is 6.33. The van der Waals surface area contributed by atoms with Crippen molar-refractivity contribution in [3.05, 3.63) is 40.7 Å². The van der Waals surface area contributed by atoms with E-state index in [9.17, 15) is 4.79 Å². The molecule has 3 N–H and O–H groups in total. The molecule has 0 aliphatic heterocycles. The number of hydrogen-bond donors (Lipinski definition) is 3. The van der Waals surface area contributed by atoms with Gasteiger partial charge in [-0.2, -0.15) is 20.1 Å². The number of hydrogen-bond acceptors (Lipinski definition) is 7. The summed E-state index contributed by atoms with van der Waals surface area (Å²) in [6.45, 7) is 0. The Morgan fingerprint density at radius 1 is 1.14 bits per heavy atom. The molecule has 1 amide bonds. The molecule has 1 heterocycles. The SMILES string of the molecule is CNC(=O)c1ccc(/C=N/Nc2nc(Cl)nc(NC)n2)cc1. The molecule has 0 fully saturated rings. The van der Waals surface area contributed by atoms with E-state index in [0.717, 1.165) is 5.56 Å². The van der Waals surface area contributed by atoms with E-state index >= 15 is 0 Å². The van der Waals surface area contributed by atoms with E-state index in [2.05, 4.69) is 36.1 Å². The Morgan fingerprint density at radius 2 is 1.82 bits per heavy atom. The van der Waals surface area contributed by atoms with Crippen molar-refractivity contribution in [3.8, 4) is 0 Å². The Morgan fingerprint density at radius 3 is 2.45 bits per heavy atom. The summed E-state index contributed by atoms with van der Waals surface area (Å²) in [5.41, 5.74) is 4.05. The van der Waals surface area contributed by atoms with Gasteiger partial charge in [-0.25, -0.2) is 5.43 Å². The predicted octanol–water partition coefficient (Wildman–Crippen LogP) is 1.37. The second-order valence-corrected chi connectivity index (χ2v) is 4.41. The first-order valence-corrected chi connectivity index (χ1v) is 6.70. The number of carbonyl (C=O) groups is 1. The van der Waals surface area contributed by atoms with Crippen LogP contribution in [0.1, 0.15) is 15.9 Å². The van der Waals surface area contributed by atoms with Gasteiger partial charge in [0.25, 0.3) is 5.91 Å². The molecule has 0 saturated heterocycles. The summed E-state index contributed by atoms with van der Waals surface area (Å²) >= 11 is 5.75. The van der Waals surface area contributed by atoms with Gasteiger partial charge in [0.1, 0.15) is 0 Å². The average molecular weight is 320 g/mol. The molecular formula is C13H14ClN7O. The molecule has 0 radical (unpaired) electrons. The largest absolute Gasteiger partial charge is 0.357 e. The van der Waals surface area contributed by atoms with Crippen LogP contribution in [0.4, 0.5) is 11.9 Å². The van der Waals surface area contributed by atoms with Crippen molar-refractivity contribution in [2.45, 2.75) is 0 Å². The van der Waals surface area contributed by atoms with E-state index in [4.69, 9.17) is 11.6 Å². The lowest BCUT2D eigenvalue weighted by Crippen LogP contribution is -2.17. The third-order valence-electron chi connectivity index (χ3n) is 2.61. The molecule has 0 aliphatic rings. The summed E-state index contributed by atoms with van der Waals surface area (Å²) in [6, 6.07) is 6.96. The van der Waals surface area contributed by atoms with Gasteiger partial charge in [-0.05, 0) is 29.3 Å². The zero-order chi connectivity index (χ0) is 15.9. The van der Waals surface area contributed by atoms with Gasteiger partial charge in [0.05, 0.1) is 6.21 Å². The lowest BCUT2D eigenvalue weighted by molar-refractivity contribution is 0.0963. The fraction of sp³-hybridized carbons (Fsp3) is 0.154. The van der Waals surface area contributed by atoms with Crippen molar-refractivity contribution >= 4 is 35.6 Å². The number of nitrogens with zero attached hydrogens (tertiary/aromatic N) is 4. The monoisotopic (exact) mass is 319 g/mol. The molecule has 1 aromatic heterocycles. The topological polar surface area (TPSA) is 104 Å². The third-order valence-corrected chi connectivity index (χ3v) is 2.78. The van der Waals surface area contributed by atoms with Gasteiger partial charge < -0.3 is 10.6 Å². The maximum atomic E-state index is 11.4. The van der Waals surface area contributed by atoms with Gasteiger partial charge in [0, 0.05) is 19.7 Å².